The highest BCUT2D eigenvalue weighted by atomic mass is 15.3. The molecule has 18 heavy (non-hydrogen) atoms. The standard InChI is InChI=1S/C15H31N3/c1-13-9-16-10-15(12-17(2)3)18(11-13)14-7-5-4-6-8-14/h13-16H,4-12H2,1-3H3. The third-order valence-electron chi connectivity index (χ3n) is 4.48. The summed E-state index contributed by atoms with van der Waals surface area (Å²) in [6.45, 7) is 7.22. The van der Waals surface area contributed by atoms with Gasteiger partial charge < -0.3 is 10.2 Å². The third kappa shape index (κ3) is 3.94. The smallest absolute Gasteiger partial charge is 0.0350 e. The topological polar surface area (TPSA) is 18.5 Å². The van der Waals surface area contributed by atoms with Crippen molar-refractivity contribution in [3.8, 4) is 0 Å². The summed E-state index contributed by atoms with van der Waals surface area (Å²) in [6.07, 6.45) is 7.19. The van der Waals surface area contributed by atoms with E-state index in [0.29, 0.717) is 6.04 Å². The molecule has 0 radical (unpaired) electrons. The lowest BCUT2D eigenvalue weighted by atomic mass is 9.92. The van der Waals surface area contributed by atoms with Gasteiger partial charge in [-0.2, -0.15) is 0 Å². The van der Waals surface area contributed by atoms with Crippen LogP contribution >= 0.6 is 0 Å². The molecule has 0 bridgehead atoms. The summed E-state index contributed by atoms with van der Waals surface area (Å²) in [6, 6.07) is 1.55. The summed E-state index contributed by atoms with van der Waals surface area (Å²) in [7, 11) is 4.40. The van der Waals surface area contributed by atoms with E-state index >= 15 is 0 Å². The lowest BCUT2D eigenvalue weighted by Gasteiger charge is -2.40. The van der Waals surface area contributed by atoms with Gasteiger partial charge in [0, 0.05) is 31.7 Å². The van der Waals surface area contributed by atoms with E-state index in [0.717, 1.165) is 12.0 Å². The highest BCUT2D eigenvalue weighted by Gasteiger charge is 2.30. The van der Waals surface area contributed by atoms with Crippen LogP contribution in [-0.4, -0.2) is 62.2 Å². The normalized spacial score (nSPS) is 32.7. The molecule has 0 aromatic carbocycles. The number of hydrogen-bond acceptors (Lipinski definition) is 3. The van der Waals surface area contributed by atoms with Crippen LogP contribution in [0.15, 0.2) is 0 Å². The molecule has 1 aliphatic carbocycles. The minimum Gasteiger partial charge on any atom is -0.315 e. The molecule has 3 nitrogen and oxygen atoms in total. The van der Waals surface area contributed by atoms with Gasteiger partial charge >= 0.3 is 0 Å². The summed E-state index contributed by atoms with van der Waals surface area (Å²) < 4.78 is 0. The van der Waals surface area contributed by atoms with Crippen molar-refractivity contribution < 1.29 is 0 Å². The molecule has 1 N–H and O–H groups in total. The van der Waals surface area contributed by atoms with Crippen LogP contribution in [0.1, 0.15) is 39.0 Å². The number of hydrogen-bond donors (Lipinski definition) is 1. The van der Waals surface area contributed by atoms with E-state index in [1.165, 1.54) is 58.3 Å². The van der Waals surface area contributed by atoms with Gasteiger partial charge in [-0.15, -0.1) is 0 Å². The highest BCUT2D eigenvalue weighted by molar-refractivity contribution is 4.87. The van der Waals surface area contributed by atoms with Crippen LogP contribution < -0.4 is 5.32 Å². The summed E-state index contributed by atoms with van der Waals surface area (Å²) >= 11 is 0. The van der Waals surface area contributed by atoms with Crippen LogP contribution in [-0.2, 0) is 0 Å². The van der Waals surface area contributed by atoms with Crippen LogP contribution in [0, 0.1) is 5.92 Å². The highest BCUT2D eigenvalue weighted by Crippen LogP contribution is 2.26. The van der Waals surface area contributed by atoms with Gasteiger partial charge in [0.1, 0.15) is 0 Å². The first-order valence-corrected chi connectivity index (χ1v) is 7.78. The van der Waals surface area contributed by atoms with Crippen LogP contribution in [0.3, 0.4) is 0 Å². The Morgan fingerprint density at radius 3 is 2.50 bits per heavy atom. The van der Waals surface area contributed by atoms with E-state index in [1.54, 1.807) is 0 Å². The molecule has 1 aliphatic heterocycles. The minimum absolute atomic E-state index is 0.702. The molecule has 0 spiro atoms. The molecule has 3 heteroatoms. The predicted molar refractivity (Wildman–Crippen MR) is 78.0 cm³/mol. The van der Waals surface area contributed by atoms with Crippen molar-refractivity contribution >= 4 is 0 Å². The predicted octanol–water partition coefficient (Wildman–Crippen LogP) is 1.79. The number of nitrogens with one attached hydrogen (secondary N) is 1. The second-order valence-electron chi connectivity index (χ2n) is 6.67. The maximum Gasteiger partial charge on any atom is 0.0350 e. The molecule has 2 fully saturated rings. The third-order valence-corrected chi connectivity index (χ3v) is 4.48. The lowest BCUT2D eigenvalue weighted by Crippen LogP contribution is -2.51. The summed E-state index contributed by atoms with van der Waals surface area (Å²) in [5, 5.41) is 3.65. The maximum absolute atomic E-state index is 3.65. The van der Waals surface area contributed by atoms with Crippen molar-refractivity contribution in [2.75, 3.05) is 40.3 Å². The second kappa shape index (κ2) is 6.88. The van der Waals surface area contributed by atoms with Crippen molar-refractivity contribution in [1.29, 1.82) is 0 Å². The van der Waals surface area contributed by atoms with Crippen molar-refractivity contribution in [2.45, 2.75) is 51.1 Å². The molecule has 2 atom stereocenters. The Bertz CT molecular complexity index is 236. The Balaban J connectivity index is 2.02. The molecule has 0 aromatic heterocycles. The van der Waals surface area contributed by atoms with E-state index in [4.69, 9.17) is 0 Å². The van der Waals surface area contributed by atoms with E-state index in [9.17, 15) is 0 Å². The lowest BCUT2D eigenvalue weighted by molar-refractivity contribution is 0.0859. The molecule has 2 aliphatic rings. The quantitative estimate of drug-likeness (QED) is 0.827. The Morgan fingerprint density at radius 2 is 1.83 bits per heavy atom. The first-order chi connectivity index (χ1) is 8.66. The van der Waals surface area contributed by atoms with Gasteiger partial charge in [0.05, 0.1) is 0 Å². The van der Waals surface area contributed by atoms with Gasteiger partial charge in [-0.3, -0.25) is 4.90 Å². The van der Waals surface area contributed by atoms with E-state index in [1.807, 2.05) is 0 Å². The van der Waals surface area contributed by atoms with Crippen LogP contribution in [0.2, 0.25) is 0 Å². The molecule has 2 unspecified atom stereocenters. The summed E-state index contributed by atoms with van der Waals surface area (Å²) in [4.78, 5) is 5.18. The molecule has 0 aromatic rings. The Labute approximate surface area is 113 Å². The average Bonchev–Trinajstić information content (AvgIpc) is 2.52. The minimum atomic E-state index is 0.702. The molecule has 1 saturated carbocycles. The maximum atomic E-state index is 3.65. The van der Waals surface area contributed by atoms with Crippen molar-refractivity contribution in [1.82, 2.24) is 15.1 Å². The number of likely N-dealkylation sites (N-methyl/N-ethyl adjacent to an activating group) is 1. The van der Waals surface area contributed by atoms with Gasteiger partial charge in [-0.25, -0.2) is 0 Å². The zero-order valence-electron chi connectivity index (χ0n) is 12.5. The molecule has 1 heterocycles. The molecular weight excluding hydrogens is 222 g/mol. The van der Waals surface area contributed by atoms with E-state index in [-0.39, 0.29) is 0 Å². The van der Waals surface area contributed by atoms with Gasteiger partial charge in [0.15, 0.2) is 0 Å². The van der Waals surface area contributed by atoms with E-state index < -0.39 is 0 Å². The number of nitrogens with zero attached hydrogens (tertiary/aromatic N) is 2. The second-order valence-corrected chi connectivity index (χ2v) is 6.67. The van der Waals surface area contributed by atoms with Crippen LogP contribution in [0.4, 0.5) is 0 Å². The van der Waals surface area contributed by atoms with Crippen LogP contribution in [0.25, 0.3) is 0 Å². The molecular formula is C15H31N3. The van der Waals surface area contributed by atoms with Crippen molar-refractivity contribution in [3.63, 3.8) is 0 Å². The first kappa shape index (κ1) is 14.3. The zero-order chi connectivity index (χ0) is 13.0. The van der Waals surface area contributed by atoms with Gasteiger partial charge in [0.2, 0.25) is 0 Å². The zero-order valence-corrected chi connectivity index (χ0v) is 12.5. The fourth-order valence-corrected chi connectivity index (χ4v) is 3.64. The Kier molecular flexibility index (Phi) is 5.46. The fraction of sp³-hybridized carbons (Fsp3) is 1.00. The Morgan fingerprint density at radius 1 is 1.11 bits per heavy atom. The molecule has 2 rings (SSSR count). The van der Waals surface area contributed by atoms with Gasteiger partial charge in [0.25, 0.3) is 0 Å². The number of rotatable bonds is 3. The van der Waals surface area contributed by atoms with E-state index in [2.05, 4.69) is 36.1 Å². The average molecular weight is 253 g/mol. The Hall–Kier alpha value is -0.120. The molecule has 1 saturated heterocycles. The van der Waals surface area contributed by atoms with Crippen molar-refractivity contribution in [2.24, 2.45) is 5.92 Å². The molecule has 106 valence electrons. The largest absolute Gasteiger partial charge is 0.315 e. The summed E-state index contributed by atoms with van der Waals surface area (Å²) in [5.74, 6) is 0.791. The monoisotopic (exact) mass is 253 g/mol. The summed E-state index contributed by atoms with van der Waals surface area (Å²) in [5.41, 5.74) is 0. The first-order valence-electron chi connectivity index (χ1n) is 7.78. The fourth-order valence-electron chi connectivity index (χ4n) is 3.64. The van der Waals surface area contributed by atoms with Gasteiger partial charge in [-0.05, 0) is 39.4 Å². The SMILES string of the molecule is CC1CNCC(CN(C)C)N(C2CCCCC2)C1. The molecule has 0 amide bonds. The van der Waals surface area contributed by atoms with Crippen molar-refractivity contribution in [3.05, 3.63) is 0 Å². The van der Waals surface area contributed by atoms with Crippen LogP contribution in [0.5, 0.6) is 0 Å². The van der Waals surface area contributed by atoms with Gasteiger partial charge in [-0.1, -0.05) is 26.2 Å².